The quantitative estimate of drug-likeness (QED) is 0.728. The number of rotatable bonds is 3. The first kappa shape index (κ1) is 15.7. The molecule has 23 heavy (non-hydrogen) atoms. The lowest BCUT2D eigenvalue weighted by atomic mass is 10.1. The summed E-state index contributed by atoms with van der Waals surface area (Å²) in [7, 11) is 8.05. The molecule has 0 fully saturated rings. The van der Waals surface area contributed by atoms with Crippen LogP contribution in [0.3, 0.4) is 0 Å². The van der Waals surface area contributed by atoms with Gasteiger partial charge in [0.1, 0.15) is 0 Å². The van der Waals surface area contributed by atoms with Crippen LogP contribution >= 0.6 is 11.8 Å². The monoisotopic (exact) mass is 327 g/mol. The van der Waals surface area contributed by atoms with Crippen LogP contribution in [-0.4, -0.2) is 34.0 Å². The molecule has 4 nitrogen and oxygen atoms in total. The molecule has 1 aliphatic heterocycles. The van der Waals surface area contributed by atoms with Crippen molar-refractivity contribution >= 4 is 40.3 Å². The van der Waals surface area contributed by atoms with E-state index in [0.29, 0.717) is 0 Å². The third-order valence-corrected chi connectivity index (χ3v) is 5.04. The average Bonchev–Trinajstić information content (AvgIpc) is 2.50. The molecule has 1 aliphatic rings. The molecule has 0 bridgehead atoms. The maximum Gasteiger partial charge on any atom is 0.162 e. The maximum atomic E-state index is 12.1. The summed E-state index contributed by atoms with van der Waals surface area (Å²) >= 11 is 1.71. The zero-order valence-corrected chi connectivity index (χ0v) is 14.9. The molecule has 0 saturated heterocycles. The zero-order valence-electron chi connectivity index (χ0n) is 14.1. The van der Waals surface area contributed by atoms with Gasteiger partial charge in [-0.2, -0.15) is 0 Å². The predicted molar refractivity (Wildman–Crippen MR) is 98.9 cm³/mol. The molecule has 0 radical (unpaired) electrons. The van der Waals surface area contributed by atoms with E-state index in [0.717, 1.165) is 33.2 Å². The van der Waals surface area contributed by atoms with Crippen molar-refractivity contribution in [2.45, 2.75) is 16.7 Å². The van der Waals surface area contributed by atoms with Crippen LogP contribution in [0.25, 0.3) is 0 Å². The van der Waals surface area contributed by atoms with Gasteiger partial charge in [0, 0.05) is 54.9 Å². The highest BCUT2D eigenvalue weighted by Gasteiger charge is 2.22. The number of carbonyl (C=O) groups excluding carboxylic acids is 1. The largest absolute Gasteiger partial charge is 0.378 e. The summed E-state index contributed by atoms with van der Waals surface area (Å²) in [6, 6.07) is 10.4. The molecule has 2 aromatic rings. The Kier molecular flexibility index (Phi) is 3.98. The van der Waals surface area contributed by atoms with Crippen molar-refractivity contribution in [3.8, 4) is 0 Å². The predicted octanol–water partition coefficient (Wildman–Crippen LogP) is 4.23. The van der Waals surface area contributed by atoms with Crippen molar-refractivity contribution in [2.24, 2.45) is 0 Å². The standard InChI is InChI=1S/C18H21N3OS/c1-11(22)14-8-13(21(4)5)10-17-18(14)19-15-7-6-12(20(2)3)9-16(15)23-17/h6-10,19H,1-5H3. The van der Waals surface area contributed by atoms with E-state index in [-0.39, 0.29) is 5.78 Å². The van der Waals surface area contributed by atoms with Gasteiger partial charge in [0.15, 0.2) is 5.78 Å². The van der Waals surface area contributed by atoms with Crippen molar-refractivity contribution in [2.75, 3.05) is 43.3 Å². The van der Waals surface area contributed by atoms with Gasteiger partial charge in [0.05, 0.1) is 11.4 Å². The molecule has 0 aromatic heterocycles. The van der Waals surface area contributed by atoms with E-state index in [1.54, 1.807) is 18.7 Å². The summed E-state index contributed by atoms with van der Waals surface area (Å²) in [5.74, 6) is 0.0754. The third-order valence-electron chi connectivity index (χ3n) is 3.94. The molecular weight excluding hydrogens is 306 g/mol. The Bertz CT molecular complexity index is 784. The van der Waals surface area contributed by atoms with Gasteiger partial charge in [-0.05, 0) is 37.3 Å². The van der Waals surface area contributed by atoms with Gasteiger partial charge in [-0.15, -0.1) is 0 Å². The normalized spacial score (nSPS) is 12.0. The Morgan fingerprint density at radius 2 is 1.61 bits per heavy atom. The summed E-state index contributed by atoms with van der Waals surface area (Å²) in [5.41, 5.74) is 4.90. The second kappa shape index (κ2) is 5.81. The van der Waals surface area contributed by atoms with Crippen molar-refractivity contribution in [3.63, 3.8) is 0 Å². The first-order valence-corrected chi connectivity index (χ1v) is 8.31. The first-order chi connectivity index (χ1) is 10.9. The average molecular weight is 327 g/mol. The van der Waals surface area contributed by atoms with Crippen molar-refractivity contribution < 1.29 is 4.79 Å². The van der Waals surface area contributed by atoms with Crippen LogP contribution < -0.4 is 15.1 Å². The number of benzene rings is 2. The topological polar surface area (TPSA) is 35.6 Å². The number of ketones is 1. The molecule has 2 aromatic carbocycles. The number of anilines is 4. The molecule has 0 amide bonds. The van der Waals surface area contributed by atoms with Crippen LogP contribution in [-0.2, 0) is 0 Å². The lowest BCUT2D eigenvalue weighted by molar-refractivity contribution is 0.101. The van der Waals surface area contributed by atoms with Gasteiger partial charge >= 0.3 is 0 Å². The van der Waals surface area contributed by atoms with E-state index in [1.165, 1.54) is 4.90 Å². The van der Waals surface area contributed by atoms with E-state index >= 15 is 0 Å². The maximum absolute atomic E-state index is 12.1. The van der Waals surface area contributed by atoms with E-state index in [1.807, 2.05) is 39.2 Å². The number of hydrogen-bond acceptors (Lipinski definition) is 5. The minimum Gasteiger partial charge on any atom is -0.378 e. The molecule has 0 unspecified atom stereocenters. The van der Waals surface area contributed by atoms with Crippen molar-refractivity contribution in [3.05, 3.63) is 35.9 Å². The van der Waals surface area contributed by atoms with Crippen LogP contribution in [0.1, 0.15) is 17.3 Å². The molecule has 1 N–H and O–H groups in total. The van der Waals surface area contributed by atoms with E-state index in [9.17, 15) is 4.79 Å². The van der Waals surface area contributed by atoms with Gasteiger partial charge < -0.3 is 15.1 Å². The summed E-state index contributed by atoms with van der Waals surface area (Å²) in [6.07, 6.45) is 0. The molecule has 0 saturated carbocycles. The SMILES string of the molecule is CC(=O)c1cc(N(C)C)cc2c1Nc1ccc(N(C)C)cc1S2. The van der Waals surface area contributed by atoms with Gasteiger partial charge in [-0.25, -0.2) is 0 Å². The number of carbonyl (C=O) groups is 1. The molecule has 0 aliphatic carbocycles. The molecule has 1 heterocycles. The number of hydrogen-bond donors (Lipinski definition) is 1. The van der Waals surface area contributed by atoms with E-state index in [4.69, 9.17) is 0 Å². The first-order valence-electron chi connectivity index (χ1n) is 7.49. The lowest BCUT2D eigenvalue weighted by Crippen LogP contribution is -2.13. The highest BCUT2D eigenvalue weighted by molar-refractivity contribution is 7.99. The summed E-state index contributed by atoms with van der Waals surface area (Å²) < 4.78 is 0. The lowest BCUT2D eigenvalue weighted by Gasteiger charge is -2.26. The van der Waals surface area contributed by atoms with Gasteiger partial charge in [-0.1, -0.05) is 11.8 Å². The fraction of sp³-hybridized carbons (Fsp3) is 0.278. The fourth-order valence-electron chi connectivity index (χ4n) is 2.58. The molecule has 0 atom stereocenters. The summed E-state index contributed by atoms with van der Waals surface area (Å²) in [6.45, 7) is 1.62. The summed E-state index contributed by atoms with van der Waals surface area (Å²) in [5, 5.41) is 3.44. The second-order valence-electron chi connectivity index (χ2n) is 6.12. The molecular formula is C18H21N3OS. The molecule has 120 valence electrons. The highest BCUT2D eigenvalue weighted by atomic mass is 32.2. The van der Waals surface area contributed by atoms with Crippen molar-refractivity contribution in [1.29, 1.82) is 0 Å². The minimum atomic E-state index is 0.0754. The number of nitrogens with zero attached hydrogens (tertiary/aromatic N) is 2. The Balaban J connectivity index is 2.11. The Hall–Kier alpha value is -2.14. The summed E-state index contributed by atoms with van der Waals surface area (Å²) in [4.78, 5) is 18.5. The Morgan fingerprint density at radius 3 is 2.22 bits per heavy atom. The minimum absolute atomic E-state index is 0.0754. The molecule has 5 heteroatoms. The van der Waals surface area contributed by atoms with Gasteiger partial charge in [0.25, 0.3) is 0 Å². The second-order valence-corrected chi connectivity index (χ2v) is 7.20. The number of nitrogens with one attached hydrogen (secondary N) is 1. The number of Topliss-reactive ketones (excluding diaryl/α,β-unsaturated/α-hetero) is 1. The van der Waals surface area contributed by atoms with Gasteiger partial charge in [-0.3, -0.25) is 4.79 Å². The van der Waals surface area contributed by atoms with Crippen molar-refractivity contribution in [1.82, 2.24) is 0 Å². The molecule has 0 spiro atoms. The third kappa shape index (κ3) is 2.88. The van der Waals surface area contributed by atoms with Crippen LogP contribution in [0.5, 0.6) is 0 Å². The van der Waals surface area contributed by atoms with E-state index < -0.39 is 0 Å². The number of fused-ring (bicyclic) bond motifs is 2. The Morgan fingerprint density at radius 1 is 0.957 bits per heavy atom. The van der Waals surface area contributed by atoms with Crippen LogP contribution in [0.15, 0.2) is 40.1 Å². The van der Waals surface area contributed by atoms with E-state index in [2.05, 4.69) is 34.5 Å². The smallest absolute Gasteiger partial charge is 0.162 e. The Labute approximate surface area is 141 Å². The zero-order chi connectivity index (χ0) is 16.7. The van der Waals surface area contributed by atoms with Crippen LogP contribution in [0.4, 0.5) is 22.7 Å². The van der Waals surface area contributed by atoms with Crippen LogP contribution in [0, 0.1) is 0 Å². The fourth-order valence-corrected chi connectivity index (χ4v) is 3.66. The van der Waals surface area contributed by atoms with Crippen LogP contribution in [0.2, 0.25) is 0 Å². The van der Waals surface area contributed by atoms with Gasteiger partial charge in [0.2, 0.25) is 0 Å². The highest BCUT2D eigenvalue weighted by Crippen LogP contribution is 2.48. The molecule has 3 rings (SSSR count).